The number of amides is 1. The van der Waals surface area contributed by atoms with Crippen molar-refractivity contribution >= 4 is 17.4 Å². The number of rotatable bonds is 4. The Labute approximate surface area is 152 Å². The van der Waals surface area contributed by atoms with Crippen LogP contribution in [0.25, 0.3) is 0 Å². The maximum atomic E-state index is 12.8. The molecule has 1 aromatic heterocycles. The monoisotopic (exact) mass is 344 g/mol. The molecular weight excluding hydrogens is 324 g/mol. The smallest absolute Gasteiger partial charge is 0.233 e. The second-order valence-corrected chi connectivity index (χ2v) is 6.64. The van der Waals surface area contributed by atoms with Crippen molar-refractivity contribution in [1.29, 1.82) is 0 Å². The fraction of sp³-hybridized carbons (Fsp3) is 0.182. The number of anilines is 1. The first-order valence-electron chi connectivity index (χ1n) is 8.81. The number of nitrogens with one attached hydrogen (secondary N) is 1. The zero-order valence-corrected chi connectivity index (χ0v) is 14.6. The Morgan fingerprint density at radius 2 is 1.69 bits per heavy atom. The van der Waals surface area contributed by atoms with Crippen LogP contribution in [0, 0.1) is 6.92 Å². The molecule has 1 aliphatic heterocycles. The second-order valence-electron chi connectivity index (χ2n) is 6.64. The summed E-state index contributed by atoms with van der Waals surface area (Å²) in [7, 11) is 0. The Morgan fingerprint density at radius 1 is 0.962 bits per heavy atom. The van der Waals surface area contributed by atoms with E-state index in [1.807, 2.05) is 78.2 Å². The van der Waals surface area contributed by atoms with Crippen molar-refractivity contribution in [1.82, 2.24) is 4.57 Å². The van der Waals surface area contributed by atoms with E-state index in [-0.39, 0.29) is 17.6 Å². The fourth-order valence-corrected chi connectivity index (χ4v) is 3.58. The van der Waals surface area contributed by atoms with Gasteiger partial charge >= 0.3 is 0 Å². The van der Waals surface area contributed by atoms with E-state index in [0.29, 0.717) is 24.2 Å². The number of carbonyl (C=O) groups excluding carboxylic acids is 2. The number of aryl methyl sites for hydroxylation is 1. The summed E-state index contributed by atoms with van der Waals surface area (Å²) < 4.78 is 1.98. The number of ketones is 1. The number of fused-ring (bicyclic) bond motifs is 1. The van der Waals surface area contributed by atoms with Crippen LogP contribution < -0.4 is 5.32 Å². The normalized spacial score (nSPS) is 15.5. The van der Waals surface area contributed by atoms with Crippen LogP contribution in [0.1, 0.15) is 39.6 Å². The maximum Gasteiger partial charge on any atom is 0.233 e. The molecule has 0 fully saturated rings. The fourth-order valence-electron chi connectivity index (χ4n) is 3.58. The predicted octanol–water partition coefficient (Wildman–Crippen LogP) is 4.15. The highest BCUT2D eigenvalue weighted by atomic mass is 16.2. The summed E-state index contributed by atoms with van der Waals surface area (Å²) in [6.45, 7) is 2.66. The van der Waals surface area contributed by atoms with Crippen molar-refractivity contribution in [2.45, 2.75) is 25.8 Å². The Bertz CT molecular complexity index is 973. The van der Waals surface area contributed by atoms with Gasteiger partial charge in [0.15, 0.2) is 0 Å². The lowest BCUT2D eigenvalue weighted by atomic mass is 10.0. The van der Waals surface area contributed by atoms with Crippen LogP contribution in [0.4, 0.5) is 5.69 Å². The van der Waals surface area contributed by atoms with Gasteiger partial charge in [0, 0.05) is 23.5 Å². The van der Waals surface area contributed by atoms with E-state index in [0.717, 1.165) is 16.9 Å². The minimum Gasteiger partial charge on any atom is -0.341 e. The minimum atomic E-state index is -0.230. The van der Waals surface area contributed by atoms with E-state index >= 15 is 0 Å². The van der Waals surface area contributed by atoms with Gasteiger partial charge in [0.05, 0.1) is 11.6 Å². The first-order valence-corrected chi connectivity index (χ1v) is 8.81. The lowest BCUT2D eigenvalue weighted by Gasteiger charge is -2.12. The minimum absolute atomic E-state index is 0.00295. The second kappa shape index (κ2) is 6.64. The van der Waals surface area contributed by atoms with Crippen LogP contribution in [0.3, 0.4) is 0 Å². The van der Waals surface area contributed by atoms with Gasteiger partial charge in [-0.05, 0) is 37.1 Å². The average Bonchev–Trinajstić information content (AvgIpc) is 3.25. The van der Waals surface area contributed by atoms with E-state index in [9.17, 15) is 9.59 Å². The molecule has 4 rings (SSSR count). The third kappa shape index (κ3) is 2.84. The Kier molecular flexibility index (Phi) is 4.17. The standard InChI is InChI=1S/C22H20N2O2/c1-15-7-5-6-10-18(15)23-22(26)17-13-14-24-19(17)11-12-20(24)21(25)16-8-3-2-4-9-16/h2-12,17H,13-14H2,1H3,(H,23,26)/t17-/m0/s1. The SMILES string of the molecule is Cc1ccccc1NC(=O)[C@H]1CCn2c(C(=O)c3ccccc3)ccc21. The molecule has 4 nitrogen and oxygen atoms in total. The van der Waals surface area contributed by atoms with Crippen LogP contribution in [-0.2, 0) is 11.3 Å². The highest BCUT2D eigenvalue weighted by Gasteiger charge is 2.32. The highest BCUT2D eigenvalue weighted by Crippen LogP contribution is 2.32. The third-order valence-electron chi connectivity index (χ3n) is 5.00. The molecule has 1 N–H and O–H groups in total. The number of para-hydroxylation sites is 1. The molecule has 0 radical (unpaired) electrons. The summed E-state index contributed by atoms with van der Waals surface area (Å²) in [4.78, 5) is 25.5. The molecule has 3 aromatic rings. The quantitative estimate of drug-likeness (QED) is 0.723. The zero-order chi connectivity index (χ0) is 18.1. The molecule has 26 heavy (non-hydrogen) atoms. The number of aromatic nitrogens is 1. The van der Waals surface area contributed by atoms with Gasteiger partial charge in [-0.3, -0.25) is 9.59 Å². The summed E-state index contributed by atoms with van der Waals surface area (Å²) in [5.74, 6) is -0.251. The summed E-state index contributed by atoms with van der Waals surface area (Å²) in [6, 6.07) is 20.7. The Hall–Kier alpha value is -3.14. The molecule has 2 heterocycles. The van der Waals surface area contributed by atoms with Crippen molar-refractivity contribution in [3.8, 4) is 0 Å². The van der Waals surface area contributed by atoms with Gasteiger partial charge in [0.25, 0.3) is 0 Å². The first-order chi connectivity index (χ1) is 12.6. The summed E-state index contributed by atoms with van der Waals surface area (Å²) in [6.07, 6.45) is 0.711. The van der Waals surface area contributed by atoms with Gasteiger partial charge in [-0.2, -0.15) is 0 Å². The molecule has 1 amide bonds. The molecule has 1 atom stereocenters. The number of carbonyl (C=O) groups is 2. The third-order valence-corrected chi connectivity index (χ3v) is 5.00. The van der Waals surface area contributed by atoms with Gasteiger partial charge < -0.3 is 9.88 Å². The van der Waals surface area contributed by atoms with Crippen molar-refractivity contribution < 1.29 is 9.59 Å². The van der Waals surface area contributed by atoms with Crippen molar-refractivity contribution in [2.75, 3.05) is 5.32 Å². The van der Waals surface area contributed by atoms with Crippen LogP contribution in [-0.4, -0.2) is 16.3 Å². The lowest BCUT2D eigenvalue weighted by molar-refractivity contribution is -0.117. The summed E-state index contributed by atoms with van der Waals surface area (Å²) in [5, 5.41) is 3.03. The Morgan fingerprint density at radius 3 is 2.46 bits per heavy atom. The predicted molar refractivity (Wildman–Crippen MR) is 101 cm³/mol. The molecular formula is C22H20N2O2. The van der Waals surface area contributed by atoms with Crippen molar-refractivity contribution in [3.05, 3.63) is 89.2 Å². The molecule has 2 aromatic carbocycles. The molecule has 0 saturated heterocycles. The van der Waals surface area contributed by atoms with Gasteiger partial charge in [0.2, 0.25) is 11.7 Å². The highest BCUT2D eigenvalue weighted by molar-refractivity contribution is 6.08. The van der Waals surface area contributed by atoms with Gasteiger partial charge in [0.1, 0.15) is 0 Å². The number of hydrogen-bond donors (Lipinski definition) is 1. The summed E-state index contributed by atoms with van der Waals surface area (Å²) in [5.41, 5.74) is 4.10. The van der Waals surface area contributed by atoms with E-state index in [1.165, 1.54) is 0 Å². The molecule has 0 saturated carbocycles. The molecule has 1 aliphatic rings. The van der Waals surface area contributed by atoms with Crippen molar-refractivity contribution in [3.63, 3.8) is 0 Å². The summed E-state index contributed by atoms with van der Waals surface area (Å²) >= 11 is 0. The van der Waals surface area contributed by atoms with Crippen LogP contribution >= 0.6 is 0 Å². The number of hydrogen-bond acceptors (Lipinski definition) is 2. The topological polar surface area (TPSA) is 51.1 Å². The van der Waals surface area contributed by atoms with Crippen molar-refractivity contribution in [2.24, 2.45) is 0 Å². The molecule has 0 unspecified atom stereocenters. The van der Waals surface area contributed by atoms with Gasteiger partial charge in [-0.1, -0.05) is 48.5 Å². The lowest BCUT2D eigenvalue weighted by Crippen LogP contribution is -2.20. The molecule has 0 aliphatic carbocycles. The van der Waals surface area contributed by atoms with Gasteiger partial charge in [-0.15, -0.1) is 0 Å². The van der Waals surface area contributed by atoms with E-state index in [2.05, 4.69) is 5.32 Å². The number of benzene rings is 2. The first kappa shape index (κ1) is 16.3. The van der Waals surface area contributed by atoms with E-state index in [1.54, 1.807) is 0 Å². The van der Waals surface area contributed by atoms with Gasteiger partial charge in [-0.25, -0.2) is 0 Å². The zero-order valence-electron chi connectivity index (χ0n) is 14.6. The molecule has 0 bridgehead atoms. The largest absolute Gasteiger partial charge is 0.341 e. The van der Waals surface area contributed by atoms with E-state index < -0.39 is 0 Å². The number of nitrogens with zero attached hydrogens (tertiary/aromatic N) is 1. The maximum absolute atomic E-state index is 12.8. The average molecular weight is 344 g/mol. The molecule has 4 heteroatoms. The van der Waals surface area contributed by atoms with Crippen LogP contribution in [0.5, 0.6) is 0 Å². The Balaban J connectivity index is 1.58. The molecule has 130 valence electrons. The van der Waals surface area contributed by atoms with E-state index in [4.69, 9.17) is 0 Å². The molecule has 0 spiro atoms. The van der Waals surface area contributed by atoms with Crippen LogP contribution in [0.15, 0.2) is 66.7 Å². The van der Waals surface area contributed by atoms with Crippen LogP contribution in [0.2, 0.25) is 0 Å².